The molecule has 8 heteroatoms. The van der Waals surface area contributed by atoms with Crippen LogP contribution in [-0.2, 0) is 0 Å². The van der Waals surface area contributed by atoms with Gasteiger partial charge in [0.1, 0.15) is 6.33 Å². The van der Waals surface area contributed by atoms with Crippen LogP contribution in [0.4, 0.5) is 5.82 Å². The molecule has 106 valence electrons. The molecule has 2 rings (SSSR count). The summed E-state index contributed by atoms with van der Waals surface area (Å²) in [6.45, 7) is 5.91. The van der Waals surface area contributed by atoms with Gasteiger partial charge in [0.05, 0.1) is 7.11 Å². The Balaban J connectivity index is 2.40. The molecule has 2 heterocycles. The predicted octanol–water partition coefficient (Wildman–Crippen LogP) is 1.64. The van der Waals surface area contributed by atoms with Crippen molar-refractivity contribution in [2.45, 2.75) is 31.0 Å². The van der Waals surface area contributed by atoms with Crippen molar-refractivity contribution in [3.8, 4) is 5.75 Å². The van der Waals surface area contributed by atoms with E-state index in [1.807, 2.05) is 20.8 Å². The second-order valence-corrected chi connectivity index (χ2v) is 5.07. The maximum absolute atomic E-state index is 5.40. The first kappa shape index (κ1) is 14.5. The van der Waals surface area contributed by atoms with Gasteiger partial charge in [-0.05, 0) is 38.1 Å². The van der Waals surface area contributed by atoms with E-state index in [0.29, 0.717) is 21.7 Å². The summed E-state index contributed by atoms with van der Waals surface area (Å²) in [6.07, 6.45) is 1.41. The summed E-state index contributed by atoms with van der Waals surface area (Å²) in [4.78, 5) is 17.1. The van der Waals surface area contributed by atoms with Crippen molar-refractivity contribution in [1.29, 1.82) is 0 Å². The summed E-state index contributed by atoms with van der Waals surface area (Å²) >= 11 is 1.31. The van der Waals surface area contributed by atoms with Gasteiger partial charge in [0.25, 0.3) is 0 Å². The number of rotatable bonds is 4. The van der Waals surface area contributed by atoms with Gasteiger partial charge < -0.3 is 10.2 Å². The molecule has 0 saturated carbocycles. The number of anilines is 1. The van der Waals surface area contributed by atoms with Gasteiger partial charge in [-0.3, -0.25) is 0 Å². The van der Waals surface area contributed by atoms with E-state index in [1.54, 1.807) is 0 Å². The molecule has 0 spiro atoms. The molecule has 0 unspecified atom stereocenters. The van der Waals surface area contributed by atoms with Crippen molar-refractivity contribution in [1.82, 2.24) is 19.9 Å². The highest BCUT2D eigenvalue weighted by Gasteiger charge is 2.15. The molecule has 0 bridgehead atoms. The average molecular weight is 292 g/mol. The smallest absolute Gasteiger partial charge is 0.195 e. The molecule has 0 aliphatic heterocycles. The monoisotopic (exact) mass is 292 g/mol. The van der Waals surface area contributed by atoms with Gasteiger partial charge in [-0.1, -0.05) is 0 Å². The molecule has 0 aliphatic carbocycles. The van der Waals surface area contributed by atoms with Crippen molar-refractivity contribution >= 4 is 17.6 Å². The highest BCUT2D eigenvalue weighted by molar-refractivity contribution is 7.99. The van der Waals surface area contributed by atoms with Gasteiger partial charge in [-0.25, -0.2) is 25.8 Å². The van der Waals surface area contributed by atoms with Gasteiger partial charge >= 0.3 is 0 Å². The number of aryl methyl sites for hydroxylation is 2. The molecule has 2 aromatic heterocycles. The van der Waals surface area contributed by atoms with Crippen LogP contribution >= 0.6 is 11.8 Å². The van der Waals surface area contributed by atoms with E-state index in [9.17, 15) is 0 Å². The van der Waals surface area contributed by atoms with Gasteiger partial charge in [-0.2, -0.15) is 0 Å². The van der Waals surface area contributed by atoms with Gasteiger partial charge in [0.2, 0.25) is 0 Å². The standard InChI is InChI=1S/C12H16N6OS/c1-6-7(2)16-12(17-8(6)3)20-11-9(19-4)10(18-13)14-5-15-11/h5H,13H2,1-4H3,(H,14,15,18). The second-order valence-electron chi connectivity index (χ2n) is 4.11. The number of hydrogen-bond acceptors (Lipinski definition) is 8. The maximum atomic E-state index is 5.40. The van der Waals surface area contributed by atoms with Gasteiger partial charge in [-0.15, -0.1) is 0 Å². The quantitative estimate of drug-likeness (QED) is 0.380. The van der Waals surface area contributed by atoms with E-state index in [-0.39, 0.29) is 0 Å². The number of nitrogen functional groups attached to an aromatic ring is 1. The Hall–Kier alpha value is -1.93. The first-order valence-electron chi connectivity index (χ1n) is 5.92. The minimum atomic E-state index is 0.422. The number of ether oxygens (including phenoxy) is 1. The first-order chi connectivity index (χ1) is 9.56. The number of methoxy groups -OCH3 is 1. The van der Waals surface area contributed by atoms with Crippen LogP contribution in [0.1, 0.15) is 17.0 Å². The third kappa shape index (κ3) is 2.81. The third-order valence-corrected chi connectivity index (χ3v) is 3.76. The van der Waals surface area contributed by atoms with Crippen molar-refractivity contribution in [3.05, 3.63) is 23.3 Å². The van der Waals surface area contributed by atoms with Crippen LogP contribution in [0.25, 0.3) is 0 Å². The highest BCUT2D eigenvalue weighted by Crippen LogP contribution is 2.35. The number of nitrogens with one attached hydrogen (secondary N) is 1. The Morgan fingerprint density at radius 2 is 1.80 bits per heavy atom. The zero-order chi connectivity index (χ0) is 14.7. The zero-order valence-electron chi connectivity index (χ0n) is 11.8. The van der Waals surface area contributed by atoms with Gasteiger partial charge in [0.15, 0.2) is 21.7 Å². The Morgan fingerprint density at radius 1 is 1.15 bits per heavy atom. The zero-order valence-corrected chi connectivity index (χ0v) is 12.6. The Morgan fingerprint density at radius 3 is 2.35 bits per heavy atom. The summed E-state index contributed by atoms with van der Waals surface area (Å²) in [5.41, 5.74) is 5.46. The van der Waals surface area contributed by atoms with Crippen molar-refractivity contribution in [2.24, 2.45) is 5.84 Å². The minimum Gasteiger partial charge on any atom is -0.490 e. The average Bonchev–Trinajstić information content (AvgIpc) is 2.44. The Kier molecular flexibility index (Phi) is 4.35. The molecule has 0 fully saturated rings. The van der Waals surface area contributed by atoms with Crippen LogP contribution in [0.3, 0.4) is 0 Å². The van der Waals surface area contributed by atoms with Crippen molar-refractivity contribution in [3.63, 3.8) is 0 Å². The second kappa shape index (κ2) is 6.02. The molecular formula is C12H16N6OS. The molecule has 20 heavy (non-hydrogen) atoms. The molecular weight excluding hydrogens is 276 g/mol. The summed E-state index contributed by atoms with van der Waals surface area (Å²) in [7, 11) is 1.54. The maximum Gasteiger partial charge on any atom is 0.195 e. The summed E-state index contributed by atoms with van der Waals surface area (Å²) < 4.78 is 5.28. The van der Waals surface area contributed by atoms with Crippen LogP contribution in [-0.4, -0.2) is 27.0 Å². The summed E-state index contributed by atoms with van der Waals surface area (Å²) in [6, 6.07) is 0. The van der Waals surface area contributed by atoms with E-state index >= 15 is 0 Å². The largest absolute Gasteiger partial charge is 0.490 e. The first-order valence-corrected chi connectivity index (χ1v) is 6.73. The summed E-state index contributed by atoms with van der Waals surface area (Å²) in [5.74, 6) is 6.29. The fraction of sp³-hybridized carbons (Fsp3) is 0.333. The fourth-order valence-corrected chi connectivity index (χ4v) is 2.50. The Labute approximate surface area is 121 Å². The van der Waals surface area contributed by atoms with E-state index in [4.69, 9.17) is 10.6 Å². The normalized spacial score (nSPS) is 10.4. The van der Waals surface area contributed by atoms with Crippen LogP contribution in [0.15, 0.2) is 16.5 Å². The lowest BCUT2D eigenvalue weighted by Crippen LogP contribution is -2.11. The van der Waals surface area contributed by atoms with Crippen molar-refractivity contribution < 1.29 is 4.74 Å². The molecule has 0 aromatic carbocycles. The number of nitrogens with two attached hydrogens (primary N) is 1. The minimum absolute atomic E-state index is 0.422. The molecule has 0 atom stereocenters. The summed E-state index contributed by atoms with van der Waals surface area (Å²) in [5, 5.41) is 1.23. The van der Waals surface area contributed by atoms with Crippen LogP contribution < -0.4 is 16.0 Å². The van der Waals surface area contributed by atoms with E-state index in [0.717, 1.165) is 17.0 Å². The molecule has 0 saturated heterocycles. The molecule has 0 aliphatic rings. The number of aromatic nitrogens is 4. The SMILES string of the molecule is COc1c(NN)ncnc1Sc1nc(C)c(C)c(C)n1. The molecule has 0 radical (unpaired) electrons. The molecule has 2 aromatic rings. The van der Waals surface area contributed by atoms with Crippen LogP contribution in [0.2, 0.25) is 0 Å². The highest BCUT2D eigenvalue weighted by atomic mass is 32.2. The van der Waals surface area contributed by atoms with Gasteiger partial charge in [0, 0.05) is 11.4 Å². The molecule has 7 nitrogen and oxygen atoms in total. The number of nitrogens with zero attached hydrogens (tertiary/aromatic N) is 4. The number of hydrazine groups is 1. The lowest BCUT2D eigenvalue weighted by Gasteiger charge is -2.11. The Bertz CT molecular complexity index is 610. The molecule has 0 amide bonds. The predicted molar refractivity (Wildman–Crippen MR) is 76.8 cm³/mol. The molecule has 3 N–H and O–H groups in total. The van der Waals surface area contributed by atoms with E-state index < -0.39 is 0 Å². The third-order valence-electron chi connectivity index (χ3n) is 2.91. The number of hydrogen-bond donors (Lipinski definition) is 2. The fourth-order valence-electron chi connectivity index (χ4n) is 1.59. The van der Waals surface area contributed by atoms with Crippen LogP contribution in [0, 0.1) is 20.8 Å². The lowest BCUT2D eigenvalue weighted by molar-refractivity contribution is 0.400. The van der Waals surface area contributed by atoms with E-state index in [2.05, 4.69) is 25.4 Å². The van der Waals surface area contributed by atoms with E-state index in [1.165, 1.54) is 25.2 Å². The van der Waals surface area contributed by atoms with Crippen molar-refractivity contribution in [2.75, 3.05) is 12.5 Å². The topological polar surface area (TPSA) is 98.8 Å². The lowest BCUT2D eigenvalue weighted by atomic mass is 10.2. The van der Waals surface area contributed by atoms with Crippen LogP contribution in [0.5, 0.6) is 5.75 Å².